The minimum absolute atomic E-state index is 0.671. The summed E-state index contributed by atoms with van der Waals surface area (Å²) in [6.07, 6.45) is 8.46. The number of aromatic nitrogens is 2. The van der Waals surface area contributed by atoms with Gasteiger partial charge in [-0.05, 0) is 12.8 Å². The highest BCUT2D eigenvalue weighted by atomic mass is 16.5. The zero-order chi connectivity index (χ0) is 9.52. The Hall–Kier alpha value is -0.830. The molecule has 0 saturated carbocycles. The number of ether oxygens (including phenoxy) is 1. The highest BCUT2D eigenvalue weighted by Crippen LogP contribution is 1.88. The van der Waals surface area contributed by atoms with Crippen molar-refractivity contribution in [2.75, 3.05) is 6.61 Å². The van der Waals surface area contributed by atoms with E-state index in [0.717, 1.165) is 19.6 Å². The first-order chi connectivity index (χ1) is 6.36. The first kappa shape index (κ1) is 10.3. The Bertz CT molecular complexity index is 233. The van der Waals surface area contributed by atoms with Crippen LogP contribution in [-0.4, -0.2) is 11.2 Å². The summed E-state index contributed by atoms with van der Waals surface area (Å²) >= 11 is 0. The van der Waals surface area contributed by atoms with Crippen molar-refractivity contribution < 1.29 is 9.30 Å². The zero-order valence-corrected chi connectivity index (χ0v) is 8.57. The summed E-state index contributed by atoms with van der Waals surface area (Å²) in [6.45, 7) is 6.89. The average Bonchev–Trinajstić information content (AvgIpc) is 2.54. The molecule has 0 aromatic carbocycles. The van der Waals surface area contributed by atoms with E-state index in [4.69, 9.17) is 4.74 Å². The third-order valence-electron chi connectivity index (χ3n) is 1.82. The smallest absolute Gasteiger partial charge is 0.245 e. The topological polar surface area (TPSA) is 18.0 Å². The predicted octanol–water partition coefficient (Wildman–Crippen LogP) is 1.57. The Balaban J connectivity index is 2.31. The van der Waals surface area contributed by atoms with Crippen LogP contribution in [0.3, 0.4) is 0 Å². The molecule has 3 heteroatoms. The van der Waals surface area contributed by atoms with Gasteiger partial charge >= 0.3 is 0 Å². The second-order valence-corrected chi connectivity index (χ2v) is 3.20. The van der Waals surface area contributed by atoms with Gasteiger partial charge in [0.2, 0.25) is 6.33 Å². The third kappa shape index (κ3) is 3.59. The van der Waals surface area contributed by atoms with Gasteiger partial charge in [0.25, 0.3) is 0 Å². The largest absolute Gasteiger partial charge is 0.342 e. The number of imidazole rings is 1. The molecular weight excluding hydrogens is 164 g/mol. The molecule has 3 nitrogen and oxygen atoms in total. The fraction of sp³-hybridized carbons (Fsp3) is 0.700. The van der Waals surface area contributed by atoms with E-state index in [1.165, 1.54) is 6.42 Å². The van der Waals surface area contributed by atoms with Crippen molar-refractivity contribution in [1.29, 1.82) is 0 Å². The van der Waals surface area contributed by atoms with Crippen LogP contribution < -0.4 is 4.57 Å². The number of rotatable bonds is 6. The van der Waals surface area contributed by atoms with E-state index >= 15 is 0 Å². The molecule has 1 rings (SSSR count). The molecule has 0 bridgehead atoms. The molecule has 0 aliphatic carbocycles. The maximum Gasteiger partial charge on any atom is 0.245 e. The van der Waals surface area contributed by atoms with Gasteiger partial charge in [-0.2, -0.15) is 0 Å². The summed E-state index contributed by atoms with van der Waals surface area (Å²) in [4.78, 5) is 0. The van der Waals surface area contributed by atoms with Crippen LogP contribution in [0.5, 0.6) is 0 Å². The summed E-state index contributed by atoms with van der Waals surface area (Å²) in [7, 11) is 0. The van der Waals surface area contributed by atoms with Crippen LogP contribution in [0.25, 0.3) is 0 Å². The van der Waals surface area contributed by atoms with E-state index in [2.05, 4.69) is 35.5 Å². The summed E-state index contributed by atoms with van der Waals surface area (Å²) in [5.74, 6) is 0. The molecule has 1 aromatic heterocycles. The fourth-order valence-corrected chi connectivity index (χ4v) is 1.22. The van der Waals surface area contributed by atoms with Gasteiger partial charge in [-0.15, -0.1) is 0 Å². The minimum atomic E-state index is 0.671. The number of hydrogen-bond acceptors (Lipinski definition) is 1. The number of aryl methyl sites for hydroxylation is 1. The van der Waals surface area contributed by atoms with E-state index in [-0.39, 0.29) is 0 Å². The second kappa shape index (κ2) is 5.75. The Morgan fingerprint density at radius 3 is 2.85 bits per heavy atom. The summed E-state index contributed by atoms with van der Waals surface area (Å²) < 4.78 is 9.65. The molecule has 0 amide bonds. The van der Waals surface area contributed by atoms with Crippen LogP contribution in [0.2, 0.25) is 0 Å². The molecule has 0 spiro atoms. The molecule has 0 saturated heterocycles. The zero-order valence-electron chi connectivity index (χ0n) is 8.57. The lowest BCUT2D eigenvalue weighted by Gasteiger charge is -1.97. The van der Waals surface area contributed by atoms with Crippen molar-refractivity contribution in [3.05, 3.63) is 18.7 Å². The first-order valence-electron chi connectivity index (χ1n) is 4.99. The van der Waals surface area contributed by atoms with Gasteiger partial charge in [-0.3, -0.25) is 0 Å². The molecular formula is C10H19N2O+. The van der Waals surface area contributed by atoms with E-state index in [0.29, 0.717) is 6.73 Å². The van der Waals surface area contributed by atoms with Gasteiger partial charge in [-0.25, -0.2) is 9.13 Å². The lowest BCUT2D eigenvalue weighted by atomic mass is 10.5. The number of nitrogens with zero attached hydrogens (tertiary/aromatic N) is 2. The molecule has 0 aliphatic heterocycles. The quantitative estimate of drug-likeness (QED) is 0.483. The molecule has 0 aliphatic rings. The van der Waals surface area contributed by atoms with E-state index in [1.54, 1.807) is 0 Å². The summed E-state index contributed by atoms with van der Waals surface area (Å²) in [5.41, 5.74) is 0. The summed E-state index contributed by atoms with van der Waals surface area (Å²) in [6, 6.07) is 0. The molecule has 0 radical (unpaired) electrons. The van der Waals surface area contributed by atoms with Crippen LogP contribution in [0.1, 0.15) is 26.7 Å². The molecule has 0 unspecified atom stereocenters. The molecule has 74 valence electrons. The van der Waals surface area contributed by atoms with E-state index in [1.807, 2.05) is 6.20 Å². The third-order valence-corrected chi connectivity index (χ3v) is 1.82. The lowest BCUT2D eigenvalue weighted by Crippen LogP contribution is -2.32. The minimum Gasteiger partial charge on any atom is -0.342 e. The Morgan fingerprint density at radius 1 is 1.31 bits per heavy atom. The van der Waals surface area contributed by atoms with Gasteiger partial charge < -0.3 is 4.74 Å². The van der Waals surface area contributed by atoms with Crippen LogP contribution in [0.4, 0.5) is 0 Å². The van der Waals surface area contributed by atoms with Crippen LogP contribution in [0.15, 0.2) is 18.7 Å². The molecule has 0 atom stereocenters. The maximum absolute atomic E-state index is 5.41. The first-order valence-corrected chi connectivity index (χ1v) is 4.99. The molecule has 1 heterocycles. The van der Waals surface area contributed by atoms with Crippen LogP contribution >= 0.6 is 0 Å². The van der Waals surface area contributed by atoms with Gasteiger partial charge in [0, 0.05) is 0 Å². The number of hydrogen-bond donors (Lipinski definition) is 0. The standard InChI is InChI=1S/C10H19N2O/c1-3-5-11-6-7-12(9-11)10-13-8-4-2/h6-7,9H,3-5,8,10H2,1-2H3/q+1. The van der Waals surface area contributed by atoms with Crippen molar-refractivity contribution in [3.63, 3.8) is 0 Å². The Morgan fingerprint density at radius 2 is 2.15 bits per heavy atom. The Labute approximate surface area is 79.9 Å². The van der Waals surface area contributed by atoms with Gasteiger partial charge in [-0.1, -0.05) is 13.8 Å². The van der Waals surface area contributed by atoms with Crippen molar-refractivity contribution >= 4 is 0 Å². The highest BCUT2D eigenvalue weighted by molar-refractivity contribution is 4.64. The van der Waals surface area contributed by atoms with Crippen LogP contribution in [0, 0.1) is 0 Å². The molecule has 1 aromatic rings. The van der Waals surface area contributed by atoms with Gasteiger partial charge in [0.15, 0.2) is 6.73 Å². The van der Waals surface area contributed by atoms with Crippen LogP contribution in [-0.2, 0) is 18.0 Å². The second-order valence-electron chi connectivity index (χ2n) is 3.20. The fourth-order valence-electron chi connectivity index (χ4n) is 1.22. The van der Waals surface area contributed by atoms with Gasteiger partial charge in [0.1, 0.15) is 12.4 Å². The Kier molecular flexibility index (Phi) is 4.54. The molecule has 0 N–H and O–H groups in total. The molecule has 0 fully saturated rings. The van der Waals surface area contributed by atoms with Crippen molar-refractivity contribution in [2.24, 2.45) is 0 Å². The van der Waals surface area contributed by atoms with Crippen molar-refractivity contribution in [3.8, 4) is 0 Å². The summed E-state index contributed by atoms with van der Waals surface area (Å²) in [5, 5.41) is 0. The monoisotopic (exact) mass is 183 g/mol. The van der Waals surface area contributed by atoms with E-state index in [9.17, 15) is 0 Å². The lowest BCUT2D eigenvalue weighted by molar-refractivity contribution is -0.732. The normalized spacial score (nSPS) is 10.6. The predicted molar refractivity (Wildman–Crippen MR) is 51.2 cm³/mol. The van der Waals surface area contributed by atoms with Crippen molar-refractivity contribution in [1.82, 2.24) is 4.57 Å². The maximum atomic E-state index is 5.41. The highest BCUT2D eigenvalue weighted by Gasteiger charge is 2.01. The van der Waals surface area contributed by atoms with E-state index < -0.39 is 0 Å². The SMILES string of the molecule is CCCOC[n+]1ccn(CCC)c1. The average molecular weight is 183 g/mol. The van der Waals surface area contributed by atoms with Crippen molar-refractivity contribution in [2.45, 2.75) is 40.0 Å². The molecule has 13 heavy (non-hydrogen) atoms. The van der Waals surface area contributed by atoms with Gasteiger partial charge in [0.05, 0.1) is 13.2 Å².